The van der Waals surface area contributed by atoms with Crippen LogP contribution in [0.2, 0.25) is 5.02 Å². The van der Waals surface area contributed by atoms with Gasteiger partial charge in [0, 0.05) is 16.7 Å². The van der Waals surface area contributed by atoms with Crippen molar-refractivity contribution in [1.82, 2.24) is 9.78 Å². The minimum atomic E-state index is 0.720. The molecule has 0 aliphatic carbocycles. The summed E-state index contributed by atoms with van der Waals surface area (Å²) in [5.41, 5.74) is 3.37. The second-order valence-corrected chi connectivity index (χ2v) is 5.54. The summed E-state index contributed by atoms with van der Waals surface area (Å²) in [6.07, 6.45) is 0.965. The van der Waals surface area contributed by atoms with Crippen molar-refractivity contribution in [2.45, 2.75) is 33.4 Å². The first-order chi connectivity index (χ1) is 9.13. The predicted octanol–water partition coefficient (Wildman–Crippen LogP) is 4.49. The first-order valence-corrected chi connectivity index (χ1v) is 7.55. The van der Waals surface area contributed by atoms with Crippen LogP contribution in [0.15, 0.2) is 28.7 Å². The van der Waals surface area contributed by atoms with Gasteiger partial charge in [0.15, 0.2) is 0 Å². The zero-order chi connectivity index (χ0) is 13.8. The molecule has 0 aliphatic heterocycles. The molecule has 0 bridgehead atoms. The third-order valence-corrected chi connectivity index (χ3v) is 4.18. The van der Waals surface area contributed by atoms with Crippen LogP contribution in [-0.4, -0.2) is 9.78 Å². The van der Waals surface area contributed by atoms with E-state index in [0.29, 0.717) is 0 Å². The van der Waals surface area contributed by atoms with E-state index in [1.807, 2.05) is 22.9 Å². The normalized spacial score (nSPS) is 10.7. The lowest BCUT2D eigenvalue weighted by Gasteiger charge is -2.08. The van der Waals surface area contributed by atoms with Gasteiger partial charge in [0.05, 0.1) is 23.0 Å². The van der Waals surface area contributed by atoms with Crippen LogP contribution in [0.1, 0.15) is 25.2 Å². The van der Waals surface area contributed by atoms with Crippen molar-refractivity contribution in [3.05, 3.63) is 45.1 Å². The number of nitrogens with zero attached hydrogens (tertiary/aromatic N) is 2. The molecule has 3 nitrogen and oxygen atoms in total. The molecule has 0 spiro atoms. The molecule has 0 radical (unpaired) electrons. The highest BCUT2D eigenvalue weighted by Gasteiger charge is 2.06. The van der Waals surface area contributed by atoms with Crippen LogP contribution < -0.4 is 5.32 Å². The molecular weight excluding hydrogens is 326 g/mol. The lowest BCUT2D eigenvalue weighted by atomic mass is 10.3. The molecule has 0 fully saturated rings. The van der Waals surface area contributed by atoms with E-state index in [1.54, 1.807) is 0 Å². The van der Waals surface area contributed by atoms with Crippen molar-refractivity contribution in [2.24, 2.45) is 0 Å². The van der Waals surface area contributed by atoms with Crippen molar-refractivity contribution in [3.63, 3.8) is 0 Å². The van der Waals surface area contributed by atoms with Gasteiger partial charge in [-0.3, -0.25) is 4.68 Å². The fourth-order valence-electron chi connectivity index (χ4n) is 1.90. The summed E-state index contributed by atoms with van der Waals surface area (Å²) in [5.74, 6) is 0. The largest absolute Gasteiger partial charge is 0.379 e. The van der Waals surface area contributed by atoms with Crippen LogP contribution in [-0.2, 0) is 19.5 Å². The van der Waals surface area contributed by atoms with Crippen LogP contribution in [0.4, 0.5) is 5.69 Å². The molecule has 2 rings (SSSR count). The molecule has 19 heavy (non-hydrogen) atoms. The summed E-state index contributed by atoms with van der Waals surface area (Å²) in [6.45, 7) is 5.88. The quantitative estimate of drug-likeness (QED) is 0.867. The maximum atomic E-state index is 5.98. The Morgan fingerprint density at radius 3 is 2.74 bits per heavy atom. The third kappa shape index (κ3) is 3.51. The maximum absolute atomic E-state index is 5.98. The van der Waals surface area contributed by atoms with E-state index in [4.69, 9.17) is 11.6 Å². The van der Waals surface area contributed by atoms with E-state index < -0.39 is 0 Å². The highest BCUT2D eigenvalue weighted by Crippen LogP contribution is 2.25. The number of rotatable bonds is 5. The van der Waals surface area contributed by atoms with E-state index in [-0.39, 0.29) is 0 Å². The van der Waals surface area contributed by atoms with Crippen molar-refractivity contribution in [1.29, 1.82) is 0 Å². The Hall–Kier alpha value is -1.00. The fourth-order valence-corrected chi connectivity index (χ4v) is 2.40. The molecule has 1 aromatic heterocycles. The van der Waals surface area contributed by atoms with E-state index in [1.165, 1.54) is 5.69 Å². The Morgan fingerprint density at radius 1 is 1.32 bits per heavy atom. The molecule has 2 aromatic rings. The number of hydrogen-bond donors (Lipinski definition) is 1. The molecule has 1 heterocycles. The highest BCUT2D eigenvalue weighted by molar-refractivity contribution is 9.10. The average Bonchev–Trinajstić information content (AvgIpc) is 2.82. The zero-order valence-electron chi connectivity index (χ0n) is 11.1. The fraction of sp³-hybridized carbons (Fsp3) is 0.357. The van der Waals surface area contributed by atoms with Gasteiger partial charge >= 0.3 is 0 Å². The van der Waals surface area contributed by atoms with E-state index in [9.17, 15) is 0 Å². The minimum Gasteiger partial charge on any atom is -0.379 e. The summed E-state index contributed by atoms with van der Waals surface area (Å²) in [6, 6.07) is 7.99. The van der Waals surface area contributed by atoms with Crippen molar-refractivity contribution in [2.75, 3.05) is 5.32 Å². The maximum Gasteiger partial charge on any atom is 0.0625 e. The second-order valence-electron chi connectivity index (χ2n) is 4.28. The van der Waals surface area contributed by atoms with Crippen LogP contribution in [0.3, 0.4) is 0 Å². The average molecular weight is 343 g/mol. The van der Waals surface area contributed by atoms with Gasteiger partial charge in [0.2, 0.25) is 0 Å². The smallest absolute Gasteiger partial charge is 0.0625 e. The van der Waals surface area contributed by atoms with Crippen LogP contribution in [0, 0.1) is 0 Å². The SMILES string of the molecule is CCc1cc(CNc2ccc(Cl)c(Br)c2)n(CC)n1. The van der Waals surface area contributed by atoms with Crippen LogP contribution >= 0.6 is 27.5 Å². The number of anilines is 1. The molecule has 0 unspecified atom stereocenters. The lowest BCUT2D eigenvalue weighted by Crippen LogP contribution is -2.07. The topological polar surface area (TPSA) is 29.9 Å². The monoisotopic (exact) mass is 341 g/mol. The minimum absolute atomic E-state index is 0.720. The predicted molar refractivity (Wildman–Crippen MR) is 83.8 cm³/mol. The van der Waals surface area contributed by atoms with Crippen molar-refractivity contribution >= 4 is 33.2 Å². The molecule has 0 amide bonds. The molecule has 0 saturated carbocycles. The Labute approximate surface area is 127 Å². The number of halogens is 2. The highest BCUT2D eigenvalue weighted by atomic mass is 79.9. The summed E-state index contributed by atoms with van der Waals surface area (Å²) < 4.78 is 2.94. The van der Waals surface area contributed by atoms with Gasteiger partial charge < -0.3 is 5.32 Å². The van der Waals surface area contributed by atoms with Gasteiger partial charge in [0.25, 0.3) is 0 Å². The first kappa shape index (κ1) is 14.4. The number of hydrogen-bond acceptors (Lipinski definition) is 2. The molecule has 0 atom stereocenters. The third-order valence-electron chi connectivity index (χ3n) is 2.97. The van der Waals surface area contributed by atoms with Gasteiger partial charge in [-0.15, -0.1) is 0 Å². The second kappa shape index (κ2) is 6.44. The Bertz CT molecular complexity index is 566. The molecular formula is C14H17BrClN3. The molecule has 102 valence electrons. The molecule has 1 N–H and O–H groups in total. The summed E-state index contributed by atoms with van der Waals surface area (Å²) >= 11 is 9.41. The Morgan fingerprint density at radius 2 is 2.11 bits per heavy atom. The molecule has 1 aromatic carbocycles. The summed E-state index contributed by atoms with van der Waals surface area (Å²) in [4.78, 5) is 0. The molecule has 0 saturated heterocycles. The first-order valence-electron chi connectivity index (χ1n) is 6.38. The number of aromatic nitrogens is 2. The van der Waals surface area contributed by atoms with Crippen molar-refractivity contribution < 1.29 is 0 Å². The van der Waals surface area contributed by atoms with E-state index in [2.05, 4.69) is 46.3 Å². The standard InChI is InChI=1S/C14H17BrClN3/c1-3-10-7-12(19(4-2)18-10)9-17-11-5-6-14(16)13(15)8-11/h5-8,17H,3-4,9H2,1-2H3. The summed E-state index contributed by atoms with van der Waals surface area (Å²) in [5, 5.41) is 8.65. The van der Waals surface area contributed by atoms with Gasteiger partial charge in [0.1, 0.15) is 0 Å². The van der Waals surface area contributed by atoms with Crippen LogP contribution in [0.25, 0.3) is 0 Å². The van der Waals surface area contributed by atoms with Gasteiger partial charge in [-0.05, 0) is 53.5 Å². The van der Waals surface area contributed by atoms with Gasteiger partial charge in [-0.25, -0.2) is 0 Å². The lowest BCUT2D eigenvalue weighted by molar-refractivity contribution is 0.619. The zero-order valence-corrected chi connectivity index (χ0v) is 13.4. The summed E-state index contributed by atoms with van der Waals surface area (Å²) in [7, 11) is 0. The van der Waals surface area contributed by atoms with Gasteiger partial charge in [-0.1, -0.05) is 18.5 Å². The number of aryl methyl sites for hydroxylation is 2. The van der Waals surface area contributed by atoms with Crippen LogP contribution in [0.5, 0.6) is 0 Å². The molecule has 5 heteroatoms. The molecule has 0 aliphatic rings. The van der Waals surface area contributed by atoms with Crippen molar-refractivity contribution in [3.8, 4) is 0 Å². The number of benzene rings is 1. The van der Waals surface area contributed by atoms with E-state index >= 15 is 0 Å². The Balaban J connectivity index is 2.09. The Kier molecular flexibility index (Phi) is 4.88. The van der Waals surface area contributed by atoms with E-state index in [0.717, 1.165) is 40.4 Å². The van der Waals surface area contributed by atoms with Gasteiger partial charge in [-0.2, -0.15) is 5.10 Å². The number of nitrogens with one attached hydrogen (secondary N) is 1.